The molecule has 0 saturated heterocycles. The van der Waals surface area contributed by atoms with Crippen LogP contribution in [0.3, 0.4) is 0 Å². The van der Waals surface area contributed by atoms with Gasteiger partial charge in [-0.1, -0.05) is 13.8 Å². The highest BCUT2D eigenvalue weighted by Crippen LogP contribution is 1.86. The lowest BCUT2D eigenvalue weighted by Gasteiger charge is -2.10. The summed E-state index contributed by atoms with van der Waals surface area (Å²) in [4.78, 5) is 11.2. The molecule has 0 aliphatic carbocycles. The van der Waals surface area contributed by atoms with E-state index in [4.69, 9.17) is 12.2 Å². The molecule has 0 aromatic rings. The van der Waals surface area contributed by atoms with Crippen molar-refractivity contribution in [2.24, 2.45) is 5.92 Å². The monoisotopic (exact) mass is 217 g/mol. The third-order valence-corrected chi connectivity index (χ3v) is 1.74. The van der Waals surface area contributed by atoms with Gasteiger partial charge in [-0.3, -0.25) is 4.79 Å². The summed E-state index contributed by atoms with van der Waals surface area (Å²) in [7, 11) is 0. The number of hydrogen-bond donors (Lipinski definition) is 3. The van der Waals surface area contributed by atoms with Crippen LogP contribution in [0.15, 0.2) is 0 Å². The van der Waals surface area contributed by atoms with Crippen molar-refractivity contribution in [3.05, 3.63) is 0 Å². The Kier molecular flexibility index (Phi) is 7.10. The van der Waals surface area contributed by atoms with Crippen LogP contribution >= 0.6 is 12.2 Å². The van der Waals surface area contributed by atoms with Crippen molar-refractivity contribution in [1.82, 2.24) is 16.0 Å². The standard InChI is InChI=1S/C9H19N3OS/c1-4-10-9(14)12-6-8(13)11-5-7(2)3/h7H,4-6H2,1-3H3,(H,11,13)(H2,10,12,14). The van der Waals surface area contributed by atoms with Crippen LogP contribution in [0, 0.1) is 5.92 Å². The van der Waals surface area contributed by atoms with Crippen LogP contribution in [-0.4, -0.2) is 30.7 Å². The number of thiocarbonyl (C=S) groups is 1. The van der Waals surface area contributed by atoms with Gasteiger partial charge in [-0.25, -0.2) is 0 Å². The maximum atomic E-state index is 11.2. The van der Waals surface area contributed by atoms with E-state index < -0.39 is 0 Å². The van der Waals surface area contributed by atoms with Crippen LogP contribution in [0.1, 0.15) is 20.8 Å². The third kappa shape index (κ3) is 7.79. The largest absolute Gasteiger partial charge is 0.363 e. The van der Waals surface area contributed by atoms with Crippen molar-refractivity contribution < 1.29 is 4.79 Å². The molecule has 0 radical (unpaired) electrons. The number of hydrogen-bond acceptors (Lipinski definition) is 2. The predicted molar refractivity (Wildman–Crippen MR) is 62.1 cm³/mol. The van der Waals surface area contributed by atoms with E-state index in [1.54, 1.807) is 0 Å². The lowest BCUT2D eigenvalue weighted by Crippen LogP contribution is -2.42. The van der Waals surface area contributed by atoms with E-state index in [1.165, 1.54) is 0 Å². The van der Waals surface area contributed by atoms with Gasteiger partial charge in [0.1, 0.15) is 0 Å². The van der Waals surface area contributed by atoms with Crippen molar-refractivity contribution >= 4 is 23.2 Å². The molecule has 0 fully saturated rings. The molecule has 4 nitrogen and oxygen atoms in total. The fourth-order valence-corrected chi connectivity index (χ4v) is 0.981. The topological polar surface area (TPSA) is 53.2 Å². The molecule has 0 rings (SSSR count). The molecule has 0 spiro atoms. The highest BCUT2D eigenvalue weighted by molar-refractivity contribution is 7.80. The molecule has 0 atom stereocenters. The highest BCUT2D eigenvalue weighted by Gasteiger charge is 2.02. The Hall–Kier alpha value is -0.840. The molecular formula is C9H19N3OS. The van der Waals surface area contributed by atoms with Crippen LogP contribution < -0.4 is 16.0 Å². The summed E-state index contributed by atoms with van der Waals surface area (Å²) < 4.78 is 0. The number of amides is 1. The van der Waals surface area contributed by atoms with Crippen molar-refractivity contribution in [2.45, 2.75) is 20.8 Å². The molecule has 0 aliphatic rings. The van der Waals surface area contributed by atoms with Crippen LogP contribution in [-0.2, 0) is 4.79 Å². The Morgan fingerprint density at radius 1 is 1.29 bits per heavy atom. The summed E-state index contributed by atoms with van der Waals surface area (Å²) in [5.74, 6) is 0.443. The minimum atomic E-state index is -0.0287. The van der Waals surface area contributed by atoms with Crippen LogP contribution in [0.2, 0.25) is 0 Å². The molecule has 1 amide bonds. The fraction of sp³-hybridized carbons (Fsp3) is 0.778. The van der Waals surface area contributed by atoms with Gasteiger partial charge in [0.2, 0.25) is 5.91 Å². The lowest BCUT2D eigenvalue weighted by molar-refractivity contribution is -0.120. The Bertz CT molecular complexity index is 194. The van der Waals surface area contributed by atoms with Crippen LogP contribution in [0.4, 0.5) is 0 Å². The van der Waals surface area contributed by atoms with Gasteiger partial charge in [0, 0.05) is 13.1 Å². The van der Waals surface area contributed by atoms with E-state index in [1.807, 2.05) is 6.92 Å². The van der Waals surface area contributed by atoms with E-state index in [0.717, 1.165) is 6.54 Å². The molecular weight excluding hydrogens is 198 g/mol. The van der Waals surface area contributed by atoms with Crippen molar-refractivity contribution in [3.63, 3.8) is 0 Å². The van der Waals surface area contributed by atoms with Gasteiger partial charge in [0.15, 0.2) is 5.11 Å². The first-order valence-electron chi connectivity index (χ1n) is 4.84. The minimum Gasteiger partial charge on any atom is -0.363 e. The molecule has 0 heterocycles. The Labute approximate surface area is 90.8 Å². The normalized spacial score (nSPS) is 9.71. The second kappa shape index (κ2) is 7.55. The average Bonchev–Trinajstić information content (AvgIpc) is 2.12. The fourth-order valence-electron chi connectivity index (χ4n) is 0.764. The predicted octanol–water partition coefficient (Wildman–Crippen LogP) is 0.243. The minimum absolute atomic E-state index is 0.0287. The number of nitrogens with one attached hydrogen (secondary N) is 3. The van der Waals surface area contributed by atoms with Gasteiger partial charge in [0.05, 0.1) is 6.54 Å². The van der Waals surface area contributed by atoms with Gasteiger partial charge in [-0.05, 0) is 25.1 Å². The zero-order chi connectivity index (χ0) is 11.0. The zero-order valence-corrected chi connectivity index (χ0v) is 9.83. The first-order valence-corrected chi connectivity index (χ1v) is 5.25. The number of rotatable bonds is 5. The summed E-state index contributed by atoms with van der Waals surface area (Å²) in [5.41, 5.74) is 0. The molecule has 3 N–H and O–H groups in total. The van der Waals surface area contributed by atoms with E-state index in [9.17, 15) is 4.79 Å². The number of carbonyl (C=O) groups is 1. The average molecular weight is 217 g/mol. The molecule has 5 heteroatoms. The second-order valence-corrected chi connectivity index (χ2v) is 3.82. The molecule has 0 aliphatic heterocycles. The first kappa shape index (κ1) is 13.2. The maximum absolute atomic E-state index is 11.2. The van der Waals surface area contributed by atoms with Gasteiger partial charge in [-0.15, -0.1) is 0 Å². The van der Waals surface area contributed by atoms with Crippen molar-refractivity contribution in [3.8, 4) is 0 Å². The van der Waals surface area contributed by atoms with Gasteiger partial charge < -0.3 is 16.0 Å². The molecule has 14 heavy (non-hydrogen) atoms. The van der Waals surface area contributed by atoms with E-state index >= 15 is 0 Å². The molecule has 0 aromatic heterocycles. The van der Waals surface area contributed by atoms with Crippen molar-refractivity contribution in [1.29, 1.82) is 0 Å². The Morgan fingerprint density at radius 3 is 2.43 bits per heavy atom. The van der Waals surface area contributed by atoms with E-state index in [0.29, 0.717) is 17.6 Å². The Morgan fingerprint density at radius 2 is 1.93 bits per heavy atom. The van der Waals surface area contributed by atoms with Gasteiger partial charge in [-0.2, -0.15) is 0 Å². The molecule has 0 saturated carbocycles. The van der Waals surface area contributed by atoms with Crippen molar-refractivity contribution in [2.75, 3.05) is 19.6 Å². The lowest BCUT2D eigenvalue weighted by atomic mass is 10.2. The second-order valence-electron chi connectivity index (χ2n) is 3.41. The first-order chi connectivity index (χ1) is 6.56. The smallest absolute Gasteiger partial charge is 0.239 e. The molecule has 82 valence electrons. The number of carbonyl (C=O) groups excluding carboxylic acids is 1. The zero-order valence-electron chi connectivity index (χ0n) is 9.02. The summed E-state index contributed by atoms with van der Waals surface area (Å²) in [5, 5.41) is 9.03. The quantitative estimate of drug-likeness (QED) is 0.578. The van der Waals surface area contributed by atoms with E-state index in [2.05, 4.69) is 29.8 Å². The van der Waals surface area contributed by atoms with Gasteiger partial charge >= 0.3 is 0 Å². The highest BCUT2D eigenvalue weighted by atomic mass is 32.1. The summed E-state index contributed by atoms with van der Waals surface area (Å²) in [6, 6.07) is 0. The summed E-state index contributed by atoms with van der Waals surface area (Å²) in [6.45, 7) is 7.76. The summed E-state index contributed by atoms with van der Waals surface area (Å²) in [6.07, 6.45) is 0. The molecule has 0 bridgehead atoms. The maximum Gasteiger partial charge on any atom is 0.239 e. The van der Waals surface area contributed by atoms with Crippen LogP contribution in [0.25, 0.3) is 0 Å². The van der Waals surface area contributed by atoms with Crippen LogP contribution in [0.5, 0.6) is 0 Å². The van der Waals surface area contributed by atoms with Gasteiger partial charge in [0.25, 0.3) is 0 Å². The molecule has 0 aromatic carbocycles. The molecule has 0 unspecified atom stereocenters. The third-order valence-electron chi connectivity index (χ3n) is 1.45. The Balaban J connectivity index is 3.48. The summed E-state index contributed by atoms with van der Waals surface area (Å²) >= 11 is 4.91. The van der Waals surface area contributed by atoms with E-state index in [-0.39, 0.29) is 12.5 Å². The SMILES string of the molecule is CCNC(=S)NCC(=O)NCC(C)C.